The molecule has 2 N–H and O–H groups in total. The molecule has 0 aromatic rings. The summed E-state index contributed by atoms with van der Waals surface area (Å²) in [6.07, 6.45) is 1.23. The van der Waals surface area contributed by atoms with Gasteiger partial charge in [0.1, 0.15) is 5.41 Å². The van der Waals surface area contributed by atoms with Crippen molar-refractivity contribution in [2.24, 2.45) is 5.41 Å². The molecule has 4 nitrogen and oxygen atoms in total. The molecule has 0 bridgehead atoms. The van der Waals surface area contributed by atoms with Gasteiger partial charge in [-0.15, -0.1) is 0 Å². The minimum absolute atomic E-state index is 0.147. The lowest BCUT2D eigenvalue weighted by Crippen LogP contribution is -2.45. The van der Waals surface area contributed by atoms with E-state index in [1.54, 1.807) is 7.05 Å². The van der Waals surface area contributed by atoms with Gasteiger partial charge in [-0.2, -0.15) is 5.26 Å². The highest BCUT2D eigenvalue weighted by Crippen LogP contribution is 2.27. The number of nitrogens with one attached hydrogen (secondary N) is 2. The summed E-state index contributed by atoms with van der Waals surface area (Å²) in [6, 6.07) is 2.12. The standard InChI is InChI=1S/C8H13N3O/c1-10-7(12)8(6-9)2-4-11-5-3-8/h11H,2-5H2,1H3,(H,10,12). The van der Waals surface area contributed by atoms with Crippen LogP contribution in [0.2, 0.25) is 0 Å². The van der Waals surface area contributed by atoms with E-state index in [1.165, 1.54) is 0 Å². The maximum Gasteiger partial charge on any atom is 0.240 e. The van der Waals surface area contributed by atoms with Crippen LogP contribution in [0.1, 0.15) is 12.8 Å². The summed E-state index contributed by atoms with van der Waals surface area (Å²) in [5.74, 6) is -0.147. The van der Waals surface area contributed by atoms with Gasteiger partial charge in [0.15, 0.2) is 0 Å². The predicted molar refractivity (Wildman–Crippen MR) is 44.2 cm³/mol. The van der Waals surface area contributed by atoms with Gasteiger partial charge in [-0.1, -0.05) is 0 Å². The van der Waals surface area contributed by atoms with E-state index in [9.17, 15) is 4.79 Å². The molecule has 1 amide bonds. The van der Waals surface area contributed by atoms with E-state index in [4.69, 9.17) is 5.26 Å². The van der Waals surface area contributed by atoms with Crippen molar-refractivity contribution in [3.05, 3.63) is 0 Å². The number of amides is 1. The quantitative estimate of drug-likeness (QED) is 0.560. The van der Waals surface area contributed by atoms with Crippen LogP contribution in [0.15, 0.2) is 0 Å². The van der Waals surface area contributed by atoms with Crippen molar-refractivity contribution < 1.29 is 4.79 Å². The van der Waals surface area contributed by atoms with Gasteiger partial charge in [0.25, 0.3) is 0 Å². The van der Waals surface area contributed by atoms with E-state index >= 15 is 0 Å². The fraction of sp³-hybridized carbons (Fsp3) is 0.750. The SMILES string of the molecule is CNC(=O)C1(C#N)CCNCC1. The van der Waals surface area contributed by atoms with Gasteiger partial charge in [0, 0.05) is 7.05 Å². The molecule has 0 unspecified atom stereocenters. The van der Waals surface area contributed by atoms with Crippen molar-refractivity contribution >= 4 is 5.91 Å². The van der Waals surface area contributed by atoms with Crippen molar-refractivity contribution in [2.45, 2.75) is 12.8 Å². The second kappa shape index (κ2) is 3.55. The first-order valence-corrected chi connectivity index (χ1v) is 4.09. The molecule has 0 atom stereocenters. The van der Waals surface area contributed by atoms with Gasteiger partial charge >= 0.3 is 0 Å². The molecule has 1 aliphatic rings. The zero-order valence-electron chi connectivity index (χ0n) is 7.18. The minimum Gasteiger partial charge on any atom is -0.358 e. The van der Waals surface area contributed by atoms with Crippen LogP contribution in [-0.2, 0) is 4.79 Å². The molecular formula is C8H13N3O. The highest BCUT2D eigenvalue weighted by Gasteiger charge is 2.38. The Balaban J connectivity index is 2.74. The molecule has 0 saturated carbocycles. The summed E-state index contributed by atoms with van der Waals surface area (Å²) in [4.78, 5) is 11.4. The van der Waals surface area contributed by atoms with Crippen LogP contribution in [0.4, 0.5) is 0 Å². The molecule has 0 aromatic carbocycles. The normalized spacial score (nSPS) is 21.0. The number of piperidine rings is 1. The lowest BCUT2D eigenvalue weighted by atomic mass is 9.79. The summed E-state index contributed by atoms with van der Waals surface area (Å²) in [5.41, 5.74) is -0.778. The van der Waals surface area contributed by atoms with Crippen LogP contribution < -0.4 is 10.6 Å². The molecular weight excluding hydrogens is 154 g/mol. The number of rotatable bonds is 1. The smallest absolute Gasteiger partial charge is 0.240 e. The highest BCUT2D eigenvalue weighted by atomic mass is 16.2. The summed E-state index contributed by atoms with van der Waals surface area (Å²) in [7, 11) is 1.57. The first-order valence-electron chi connectivity index (χ1n) is 4.09. The van der Waals surface area contributed by atoms with E-state index in [-0.39, 0.29) is 5.91 Å². The van der Waals surface area contributed by atoms with Crippen LogP contribution in [0, 0.1) is 16.7 Å². The van der Waals surface area contributed by atoms with Gasteiger partial charge in [-0.25, -0.2) is 0 Å². The molecule has 1 aliphatic heterocycles. The van der Waals surface area contributed by atoms with Crippen molar-refractivity contribution in [3.8, 4) is 6.07 Å². The van der Waals surface area contributed by atoms with E-state index < -0.39 is 5.41 Å². The number of nitriles is 1. The Hall–Kier alpha value is -1.08. The number of hydrogen-bond donors (Lipinski definition) is 2. The van der Waals surface area contributed by atoms with Gasteiger partial charge in [0.2, 0.25) is 5.91 Å². The first kappa shape index (κ1) is 9.01. The van der Waals surface area contributed by atoms with Gasteiger partial charge in [-0.3, -0.25) is 4.79 Å². The van der Waals surface area contributed by atoms with E-state index in [2.05, 4.69) is 16.7 Å². The lowest BCUT2D eigenvalue weighted by molar-refractivity contribution is -0.128. The molecule has 0 aliphatic carbocycles. The Labute approximate surface area is 71.9 Å². The Bertz CT molecular complexity index is 213. The number of hydrogen-bond acceptors (Lipinski definition) is 3. The van der Waals surface area contributed by atoms with Crippen molar-refractivity contribution in [1.82, 2.24) is 10.6 Å². The molecule has 12 heavy (non-hydrogen) atoms. The minimum atomic E-state index is -0.778. The summed E-state index contributed by atoms with van der Waals surface area (Å²) in [5, 5.41) is 14.6. The average Bonchev–Trinajstić information content (AvgIpc) is 2.17. The van der Waals surface area contributed by atoms with Gasteiger partial charge < -0.3 is 10.6 Å². The molecule has 1 saturated heterocycles. The highest BCUT2D eigenvalue weighted by molar-refractivity contribution is 5.85. The second-order valence-electron chi connectivity index (χ2n) is 3.02. The molecule has 1 heterocycles. The van der Waals surface area contributed by atoms with Gasteiger partial charge in [-0.05, 0) is 25.9 Å². The molecule has 0 aromatic heterocycles. The zero-order valence-corrected chi connectivity index (χ0v) is 7.18. The van der Waals surface area contributed by atoms with E-state index in [1.807, 2.05) is 0 Å². The summed E-state index contributed by atoms with van der Waals surface area (Å²) < 4.78 is 0. The van der Waals surface area contributed by atoms with Crippen LogP contribution in [0.3, 0.4) is 0 Å². The van der Waals surface area contributed by atoms with Gasteiger partial charge in [0.05, 0.1) is 6.07 Å². The third-order valence-corrected chi connectivity index (χ3v) is 2.33. The van der Waals surface area contributed by atoms with Crippen LogP contribution >= 0.6 is 0 Å². The maximum atomic E-state index is 11.4. The molecule has 66 valence electrons. The molecule has 1 rings (SSSR count). The first-order chi connectivity index (χ1) is 5.75. The molecule has 4 heteroatoms. The third kappa shape index (κ3) is 1.41. The maximum absolute atomic E-state index is 11.4. The molecule has 0 radical (unpaired) electrons. The summed E-state index contributed by atoms with van der Waals surface area (Å²) >= 11 is 0. The monoisotopic (exact) mass is 167 g/mol. The van der Waals surface area contributed by atoms with Crippen molar-refractivity contribution in [2.75, 3.05) is 20.1 Å². The zero-order chi connectivity index (χ0) is 9.03. The Kier molecular flexibility index (Phi) is 2.66. The van der Waals surface area contributed by atoms with Crippen LogP contribution in [0.25, 0.3) is 0 Å². The largest absolute Gasteiger partial charge is 0.358 e. The number of carbonyl (C=O) groups is 1. The Morgan fingerprint density at radius 2 is 2.17 bits per heavy atom. The topological polar surface area (TPSA) is 64.9 Å². The number of carbonyl (C=O) groups excluding carboxylic acids is 1. The fourth-order valence-electron chi connectivity index (χ4n) is 1.48. The lowest BCUT2D eigenvalue weighted by Gasteiger charge is -2.28. The van der Waals surface area contributed by atoms with E-state index in [0.717, 1.165) is 13.1 Å². The molecule has 0 spiro atoms. The summed E-state index contributed by atoms with van der Waals surface area (Å²) in [6.45, 7) is 1.50. The predicted octanol–water partition coefficient (Wildman–Crippen LogP) is -0.374. The van der Waals surface area contributed by atoms with Crippen molar-refractivity contribution in [3.63, 3.8) is 0 Å². The molecule has 1 fully saturated rings. The average molecular weight is 167 g/mol. The van der Waals surface area contributed by atoms with Crippen LogP contribution in [0.5, 0.6) is 0 Å². The Morgan fingerprint density at radius 3 is 2.58 bits per heavy atom. The second-order valence-corrected chi connectivity index (χ2v) is 3.02. The van der Waals surface area contributed by atoms with Crippen LogP contribution in [-0.4, -0.2) is 26.0 Å². The fourth-order valence-corrected chi connectivity index (χ4v) is 1.48. The van der Waals surface area contributed by atoms with Crippen molar-refractivity contribution in [1.29, 1.82) is 5.26 Å². The third-order valence-electron chi connectivity index (χ3n) is 2.33. The Morgan fingerprint density at radius 1 is 1.58 bits per heavy atom. The van der Waals surface area contributed by atoms with E-state index in [0.29, 0.717) is 12.8 Å². The number of nitrogens with zero attached hydrogens (tertiary/aromatic N) is 1.